The normalized spacial score (nSPS) is 23.0. The summed E-state index contributed by atoms with van der Waals surface area (Å²) >= 11 is 0. The lowest BCUT2D eigenvalue weighted by molar-refractivity contribution is 0.195. The molecule has 5 aromatic rings. The number of para-hydroxylation sites is 1. The van der Waals surface area contributed by atoms with Crippen LogP contribution in [0.1, 0.15) is 124 Å². The van der Waals surface area contributed by atoms with E-state index in [9.17, 15) is 0 Å². The Morgan fingerprint density at radius 1 is 0.638 bits per heavy atom. The van der Waals surface area contributed by atoms with Crippen LogP contribution in [-0.2, 0) is 21.7 Å². The molecule has 4 heterocycles. The van der Waals surface area contributed by atoms with Crippen LogP contribution in [-0.4, -0.2) is 16.8 Å². The minimum Gasteiger partial charge on any atom is -0.335 e. The van der Waals surface area contributed by atoms with Crippen LogP contribution in [0.4, 0.5) is 11.4 Å². The maximum absolute atomic E-state index is 2.88. The SMILES string of the molecule is CC(C)(C)c1cc2c3c(c1)-n1c4ccc(C(C)(C)C)cc4c4cc(C(C)(C)C)cc(c41)B3c1cccc3c1N2C1(C)CCCCC31C. The minimum absolute atomic E-state index is 0.0230. The molecule has 1 aromatic heterocycles. The minimum atomic E-state index is 0.0230. The third-order valence-electron chi connectivity index (χ3n) is 13.2. The summed E-state index contributed by atoms with van der Waals surface area (Å²) in [6.07, 6.45) is 5.10. The third-order valence-corrected chi connectivity index (χ3v) is 13.2. The summed E-state index contributed by atoms with van der Waals surface area (Å²) in [7, 11) is 0. The number of nitrogens with zero attached hydrogens (tertiary/aromatic N) is 2. The van der Waals surface area contributed by atoms with Gasteiger partial charge in [0, 0.05) is 38.8 Å². The van der Waals surface area contributed by atoms with Crippen LogP contribution < -0.4 is 21.3 Å². The predicted molar refractivity (Wildman–Crippen MR) is 204 cm³/mol. The number of anilines is 2. The van der Waals surface area contributed by atoms with Crippen LogP contribution in [0.3, 0.4) is 0 Å². The second-order valence-corrected chi connectivity index (χ2v) is 19.0. The van der Waals surface area contributed by atoms with Crippen molar-refractivity contribution in [1.29, 1.82) is 0 Å². The third kappa shape index (κ3) is 3.59. The first-order chi connectivity index (χ1) is 21.9. The van der Waals surface area contributed by atoms with Gasteiger partial charge < -0.3 is 9.47 Å². The van der Waals surface area contributed by atoms with Crippen LogP contribution in [0.5, 0.6) is 0 Å². The molecule has 4 aromatic carbocycles. The number of hydrogen-bond donors (Lipinski definition) is 0. The zero-order chi connectivity index (χ0) is 33.2. The largest absolute Gasteiger partial charge is 0.335 e. The van der Waals surface area contributed by atoms with Gasteiger partial charge in [-0.05, 0) is 105 Å². The highest BCUT2D eigenvalue weighted by molar-refractivity contribution is 7.00. The Hall–Kier alpha value is -3.46. The molecule has 240 valence electrons. The predicted octanol–water partition coefficient (Wildman–Crippen LogP) is 9.56. The van der Waals surface area contributed by atoms with E-state index in [1.807, 2.05) is 0 Å². The Labute approximate surface area is 282 Å². The van der Waals surface area contributed by atoms with Crippen molar-refractivity contribution < 1.29 is 0 Å². The Morgan fingerprint density at radius 2 is 1.28 bits per heavy atom. The first-order valence-electron chi connectivity index (χ1n) is 18.2. The fraction of sp³-hybridized carbons (Fsp3) is 0.455. The van der Waals surface area contributed by atoms with E-state index >= 15 is 0 Å². The lowest BCUT2D eigenvalue weighted by Gasteiger charge is -2.52. The van der Waals surface area contributed by atoms with Crippen LogP contribution in [0.2, 0.25) is 0 Å². The second kappa shape index (κ2) is 8.76. The van der Waals surface area contributed by atoms with Gasteiger partial charge in [-0.3, -0.25) is 0 Å². The topological polar surface area (TPSA) is 8.17 Å². The van der Waals surface area contributed by atoms with Crippen molar-refractivity contribution >= 4 is 56.3 Å². The molecule has 9 rings (SSSR count). The summed E-state index contributed by atoms with van der Waals surface area (Å²) in [4.78, 5) is 2.88. The first kappa shape index (κ1) is 29.7. The van der Waals surface area contributed by atoms with Gasteiger partial charge in [0.25, 0.3) is 6.71 Å². The van der Waals surface area contributed by atoms with E-state index in [4.69, 9.17) is 0 Å². The summed E-state index contributed by atoms with van der Waals surface area (Å²) in [5.74, 6) is 0. The van der Waals surface area contributed by atoms with Crippen LogP contribution in [0.15, 0.2) is 60.7 Å². The lowest BCUT2D eigenvalue weighted by atomic mass is 9.33. The molecule has 2 unspecified atom stereocenters. The van der Waals surface area contributed by atoms with E-state index in [2.05, 4.69) is 146 Å². The summed E-state index contributed by atoms with van der Waals surface area (Å²) < 4.78 is 2.68. The highest BCUT2D eigenvalue weighted by atomic mass is 15.3. The van der Waals surface area contributed by atoms with Gasteiger partial charge >= 0.3 is 0 Å². The molecule has 0 N–H and O–H groups in total. The smallest absolute Gasteiger partial charge is 0.252 e. The number of fused-ring (bicyclic) bond motifs is 10. The van der Waals surface area contributed by atoms with Gasteiger partial charge in [-0.15, -0.1) is 0 Å². The molecule has 47 heavy (non-hydrogen) atoms. The molecular weight excluding hydrogens is 567 g/mol. The van der Waals surface area contributed by atoms with Gasteiger partial charge in [0.2, 0.25) is 0 Å². The molecule has 1 aliphatic carbocycles. The standard InChI is InChI=1S/C44H51BN2/c1-40(2,3)26-17-18-34-29(21-26)30-22-27(41(4,5)6)23-33-38(30)46(34)35-24-28(42(7,8)9)25-36-37(35)45(33)32-16-14-15-31-39(32)47(36)44(11)20-13-12-19-43(31,44)10/h14-18,21-25H,12-13,19-20H2,1-11H3. The molecule has 0 radical (unpaired) electrons. The van der Waals surface area contributed by atoms with E-state index in [-0.39, 0.29) is 33.9 Å². The lowest BCUT2D eigenvalue weighted by Crippen LogP contribution is -2.64. The van der Waals surface area contributed by atoms with E-state index in [0.717, 1.165) is 0 Å². The summed E-state index contributed by atoms with van der Waals surface area (Å²) in [5, 5.41) is 2.79. The summed E-state index contributed by atoms with van der Waals surface area (Å²) in [6, 6.07) is 25.0. The van der Waals surface area contributed by atoms with Gasteiger partial charge in [0.05, 0.1) is 11.1 Å². The van der Waals surface area contributed by atoms with E-state index in [1.165, 1.54) is 97.6 Å². The number of rotatable bonds is 0. The zero-order valence-electron chi connectivity index (χ0n) is 30.6. The molecule has 2 atom stereocenters. The molecule has 1 fully saturated rings. The monoisotopic (exact) mass is 618 g/mol. The Balaban J connectivity index is 1.50. The maximum Gasteiger partial charge on any atom is 0.252 e. The van der Waals surface area contributed by atoms with Crippen LogP contribution >= 0.6 is 0 Å². The molecular formula is C44H51BN2. The van der Waals surface area contributed by atoms with Gasteiger partial charge in [-0.25, -0.2) is 0 Å². The highest BCUT2D eigenvalue weighted by Gasteiger charge is 2.61. The van der Waals surface area contributed by atoms with Crippen LogP contribution in [0.25, 0.3) is 27.5 Å². The van der Waals surface area contributed by atoms with E-state index < -0.39 is 0 Å². The Kier molecular flexibility index (Phi) is 5.53. The van der Waals surface area contributed by atoms with Crippen molar-refractivity contribution in [3.05, 3.63) is 82.9 Å². The van der Waals surface area contributed by atoms with Gasteiger partial charge in [0.1, 0.15) is 0 Å². The van der Waals surface area contributed by atoms with Crippen molar-refractivity contribution in [3.8, 4) is 5.69 Å². The first-order valence-corrected chi connectivity index (χ1v) is 18.2. The van der Waals surface area contributed by atoms with Crippen molar-refractivity contribution in [2.75, 3.05) is 4.90 Å². The quantitative estimate of drug-likeness (QED) is 0.154. The fourth-order valence-electron chi connectivity index (χ4n) is 10.1. The fourth-order valence-corrected chi connectivity index (χ4v) is 10.1. The van der Waals surface area contributed by atoms with Gasteiger partial charge in [0.15, 0.2) is 0 Å². The van der Waals surface area contributed by atoms with E-state index in [0.29, 0.717) is 0 Å². The highest BCUT2D eigenvalue weighted by Crippen LogP contribution is 2.61. The molecule has 0 bridgehead atoms. The molecule has 3 aliphatic heterocycles. The molecule has 0 amide bonds. The maximum atomic E-state index is 2.88. The number of hydrogen-bond acceptors (Lipinski definition) is 1. The molecule has 2 nitrogen and oxygen atoms in total. The average molecular weight is 619 g/mol. The van der Waals surface area contributed by atoms with Crippen molar-refractivity contribution in [3.63, 3.8) is 0 Å². The van der Waals surface area contributed by atoms with Gasteiger partial charge in [-0.2, -0.15) is 0 Å². The molecule has 1 saturated carbocycles. The molecule has 4 aliphatic rings. The molecule has 0 saturated heterocycles. The number of aromatic nitrogens is 1. The number of benzene rings is 4. The molecule has 3 heteroatoms. The van der Waals surface area contributed by atoms with Crippen LogP contribution in [0, 0.1) is 0 Å². The van der Waals surface area contributed by atoms with Gasteiger partial charge in [-0.1, -0.05) is 112 Å². The summed E-state index contributed by atoms with van der Waals surface area (Å²) in [6.45, 7) is 26.7. The average Bonchev–Trinajstić information content (AvgIpc) is 3.43. The van der Waals surface area contributed by atoms with Crippen molar-refractivity contribution in [1.82, 2.24) is 4.57 Å². The zero-order valence-corrected chi connectivity index (χ0v) is 30.6. The molecule has 0 spiro atoms. The summed E-state index contributed by atoms with van der Waals surface area (Å²) in [5.41, 5.74) is 17.8. The van der Waals surface area contributed by atoms with Crippen molar-refractivity contribution in [2.24, 2.45) is 0 Å². The Morgan fingerprint density at radius 3 is 1.98 bits per heavy atom. The van der Waals surface area contributed by atoms with Crippen molar-refractivity contribution in [2.45, 2.75) is 129 Å². The second-order valence-electron chi connectivity index (χ2n) is 19.0. The Bertz CT molecular complexity index is 2200. The van der Waals surface area contributed by atoms with E-state index in [1.54, 1.807) is 5.56 Å².